The number of aromatic nitrogens is 4. The molecule has 4 heterocycles. The highest BCUT2D eigenvalue weighted by molar-refractivity contribution is 9.10. The second kappa shape index (κ2) is 6.75. The molecule has 11 heteroatoms. The average molecular weight is 447 g/mol. The molecule has 2 N–H and O–H groups in total. The fourth-order valence-corrected chi connectivity index (χ4v) is 3.66. The topological polar surface area (TPSA) is 125 Å². The number of ether oxygens (including phenoxy) is 1. The lowest BCUT2D eigenvalue weighted by atomic mass is 10.1. The Morgan fingerprint density at radius 1 is 1.29 bits per heavy atom. The van der Waals surface area contributed by atoms with Crippen molar-refractivity contribution in [2.75, 3.05) is 6.54 Å². The molecule has 1 unspecified atom stereocenters. The molecule has 10 nitrogen and oxygen atoms in total. The zero-order valence-corrected chi connectivity index (χ0v) is 16.3. The lowest BCUT2D eigenvalue weighted by Crippen LogP contribution is -2.41. The quantitative estimate of drug-likeness (QED) is 0.472. The molecule has 0 fully saturated rings. The number of hydrogen-bond donors (Lipinski definition) is 1. The maximum Gasteiger partial charge on any atom is 0.412 e. The van der Waals surface area contributed by atoms with Crippen molar-refractivity contribution in [3.63, 3.8) is 0 Å². The van der Waals surface area contributed by atoms with E-state index in [0.29, 0.717) is 18.7 Å². The smallest absolute Gasteiger partial charge is 0.372 e. The summed E-state index contributed by atoms with van der Waals surface area (Å²) in [6.45, 7) is 2.60. The Morgan fingerprint density at radius 3 is 2.82 bits per heavy atom. The van der Waals surface area contributed by atoms with Crippen molar-refractivity contribution in [2.45, 2.75) is 19.5 Å². The molecule has 1 aliphatic rings. The molecule has 0 aliphatic carbocycles. The number of esters is 1. The Kier molecular flexibility index (Phi) is 4.38. The Hall–Kier alpha value is -3.21. The Labute approximate surface area is 167 Å². The van der Waals surface area contributed by atoms with E-state index in [1.54, 1.807) is 40.1 Å². The summed E-state index contributed by atoms with van der Waals surface area (Å²) in [6.07, 6.45) is 2.20. The van der Waals surface area contributed by atoms with Crippen molar-refractivity contribution in [3.05, 3.63) is 52.1 Å². The molecule has 0 bridgehead atoms. The van der Waals surface area contributed by atoms with E-state index in [9.17, 15) is 14.4 Å². The molecule has 0 radical (unpaired) electrons. The van der Waals surface area contributed by atoms with E-state index in [1.807, 2.05) is 6.92 Å². The van der Waals surface area contributed by atoms with Crippen molar-refractivity contribution >= 4 is 39.5 Å². The number of fused-ring (bicyclic) bond motifs is 2. The summed E-state index contributed by atoms with van der Waals surface area (Å²) in [5, 5.41) is 4.31. The van der Waals surface area contributed by atoms with Crippen LogP contribution in [0.25, 0.3) is 5.65 Å². The van der Waals surface area contributed by atoms with Crippen LogP contribution in [0.5, 0.6) is 0 Å². The Balaban J connectivity index is 1.61. The third-order valence-electron chi connectivity index (χ3n) is 4.64. The van der Waals surface area contributed by atoms with Crippen LogP contribution in [0.4, 0.5) is 4.79 Å². The van der Waals surface area contributed by atoms with Gasteiger partial charge in [-0.2, -0.15) is 5.10 Å². The van der Waals surface area contributed by atoms with Gasteiger partial charge < -0.3 is 19.9 Å². The van der Waals surface area contributed by atoms with Crippen LogP contribution in [-0.4, -0.2) is 48.6 Å². The molecule has 144 valence electrons. The summed E-state index contributed by atoms with van der Waals surface area (Å²) < 4.78 is 8.47. The maximum atomic E-state index is 13.0. The lowest BCUT2D eigenvalue weighted by Gasteiger charge is -2.34. The SMILES string of the molecule is CC1c2ccc(C(=O)OC(N)=O)n2CCN1C(=O)c1cc2ncc(Br)cn2n1. The van der Waals surface area contributed by atoms with Crippen LogP contribution in [0.3, 0.4) is 0 Å². The predicted molar refractivity (Wildman–Crippen MR) is 99.6 cm³/mol. The Bertz CT molecular complexity index is 1120. The zero-order chi connectivity index (χ0) is 20.0. The van der Waals surface area contributed by atoms with Crippen LogP contribution in [0.15, 0.2) is 35.1 Å². The second-order valence-corrected chi connectivity index (χ2v) is 7.20. The van der Waals surface area contributed by atoms with Crippen LogP contribution in [0.2, 0.25) is 0 Å². The molecule has 1 aliphatic heterocycles. The number of carbonyl (C=O) groups is 3. The molecule has 0 aromatic carbocycles. The molecule has 0 saturated carbocycles. The van der Waals surface area contributed by atoms with Gasteiger partial charge in [-0.15, -0.1) is 0 Å². The number of carbonyl (C=O) groups excluding carboxylic acids is 3. The van der Waals surface area contributed by atoms with Gasteiger partial charge in [-0.1, -0.05) is 0 Å². The molecular weight excluding hydrogens is 432 g/mol. The zero-order valence-electron chi connectivity index (χ0n) is 14.7. The molecule has 1 atom stereocenters. The molecule has 4 rings (SSSR count). The summed E-state index contributed by atoms with van der Waals surface area (Å²) >= 11 is 3.32. The molecule has 0 spiro atoms. The summed E-state index contributed by atoms with van der Waals surface area (Å²) in [4.78, 5) is 41.7. The van der Waals surface area contributed by atoms with Crippen molar-refractivity contribution in [1.82, 2.24) is 24.1 Å². The summed E-state index contributed by atoms with van der Waals surface area (Å²) in [5.41, 5.74) is 6.73. The van der Waals surface area contributed by atoms with Gasteiger partial charge in [0.25, 0.3) is 5.91 Å². The highest BCUT2D eigenvalue weighted by atomic mass is 79.9. The van der Waals surface area contributed by atoms with Crippen LogP contribution in [0, 0.1) is 0 Å². The van der Waals surface area contributed by atoms with Crippen molar-refractivity contribution in [3.8, 4) is 0 Å². The van der Waals surface area contributed by atoms with Gasteiger partial charge in [0.2, 0.25) is 0 Å². The standard InChI is InChI=1S/C17H15BrN6O4/c1-9-12-2-3-13(16(26)28-17(19)27)23(12)5-4-22(9)15(25)11-6-14-20-7-10(18)8-24(14)21-11/h2-3,6-9H,4-5H2,1H3,(H2,19,27). The van der Waals surface area contributed by atoms with Crippen molar-refractivity contribution in [2.24, 2.45) is 5.73 Å². The molecule has 3 aromatic rings. The predicted octanol–water partition coefficient (Wildman–Crippen LogP) is 1.75. The normalized spacial score (nSPS) is 16.1. The van der Waals surface area contributed by atoms with E-state index in [1.165, 1.54) is 4.52 Å². The number of nitrogens with zero attached hydrogens (tertiary/aromatic N) is 5. The third-order valence-corrected chi connectivity index (χ3v) is 5.05. The second-order valence-electron chi connectivity index (χ2n) is 6.28. The lowest BCUT2D eigenvalue weighted by molar-refractivity contribution is 0.0604. The van der Waals surface area contributed by atoms with Crippen LogP contribution in [-0.2, 0) is 11.3 Å². The van der Waals surface area contributed by atoms with Gasteiger partial charge >= 0.3 is 12.1 Å². The molecule has 28 heavy (non-hydrogen) atoms. The molecule has 3 aromatic heterocycles. The van der Waals surface area contributed by atoms with Crippen LogP contribution in [0.1, 0.15) is 39.6 Å². The number of halogens is 1. The molecule has 0 saturated heterocycles. The maximum absolute atomic E-state index is 13.0. The van der Waals surface area contributed by atoms with E-state index in [-0.39, 0.29) is 23.3 Å². The largest absolute Gasteiger partial charge is 0.412 e. The number of amides is 2. The Morgan fingerprint density at radius 2 is 2.07 bits per heavy atom. The first-order valence-corrected chi connectivity index (χ1v) is 9.17. The van der Waals surface area contributed by atoms with Gasteiger partial charge in [0.1, 0.15) is 5.69 Å². The molecule has 2 amide bonds. The van der Waals surface area contributed by atoms with Crippen molar-refractivity contribution < 1.29 is 19.1 Å². The fourth-order valence-electron chi connectivity index (χ4n) is 3.36. The molecular formula is C17H15BrN6O4. The first kappa shape index (κ1) is 18.2. The number of primary amides is 1. The highest BCUT2D eigenvalue weighted by Gasteiger charge is 2.32. The van der Waals surface area contributed by atoms with Gasteiger partial charge in [0, 0.05) is 37.2 Å². The minimum absolute atomic E-state index is 0.217. The minimum atomic E-state index is -1.16. The van der Waals surface area contributed by atoms with Crippen LogP contribution >= 0.6 is 15.9 Å². The van der Waals surface area contributed by atoms with E-state index in [2.05, 4.69) is 30.7 Å². The highest BCUT2D eigenvalue weighted by Crippen LogP contribution is 2.29. The van der Waals surface area contributed by atoms with Gasteiger partial charge in [-0.3, -0.25) is 4.79 Å². The fraction of sp³-hybridized carbons (Fsp3) is 0.235. The number of nitrogens with two attached hydrogens (primary N) is 1. The van der Waals surface area contributed by atoms with E-state index in [4.69, 9.17) is 5.73 Å². The van der Waals surface area contributed by atoms with Gasteiger partial charge in [-0.05, 0) is 35.0 Å². The first-order valence-electron chi connectivity index (χ1n) is 8.38. The first-order chi connectivity index (χ1) is 13.3. The summed E-state index contributed by atoms with van der Waals surface area (Å²) in [6, 6.07) is 4.60. The summed E-state index contributed by atoms with van der Waals surface area (Å²) in [5.74, 6) is -1.05. The monoisotopic (exact) mass is 446 g/mol. The van der Waals surface area contributed by atoms with E-state index < -0.39 is 12.1 Å². The van der Waals surface area contributed by atoms with Gasteiger partial charge in [0.15, 0.2) is 11.3 Å². The summed E-state index contributed by atoms with van der Waals surface area (Å²) in [7, 11) is 0. The average Bonchev–Trinajstić information content (AvgIpc) is 3.25. The van der Waals surface area contributed by atoms with E-state index in [0.717, 1.165) is 10.2 Å². The van der Waals surface area contributed by atoms with Crippen molar-refractivity contribution in [1.29, 1.82) is 0 Å². The number of rotatable bonds is 2. The minimum Gasteiger partial charge on any atom is -0.372 e. The van der Waals surface area contributed by atoms with Crippen LogP contribution < -0.4 is 5.73 Å². The third kappa shape index (κ3) is 3.03. The van der Waals surface area contributed by atoms with Gasteiger partial charge in [0.05, 0.1) is 10.5 Å². The van der Waals surface area contributed by atoms with Gasteiger partial charge in [-0.25, -0.2) is 19.1 Å². The number of hydrogen-bond acceptors (Lipinski definition) is 6. The van der Waals surface area contributed by atoms with E-state index >= 15 is 0 Å².